The summed E-state index contributed by atoms with van der Waals surface area (Å²) in [6.07, 6.45) is -0.402. The van der Waals surface area contributed by atoms with Gasteiger partial charge in [-0.2, -0.15) is 0 Å². The van der Waals surface area contributed by atoms with Gasteiger partial charge >= 0.3 is 6.09 Å². The summed E-state index contributed by atoms with van der Waals surface area (Å²) in [5.41, 5.74) is 0.502. The first-order valence-electron chi connectivity index (χ1n) is 6.92. The Morgan fingerprint density at radius 1 is 1.38 bits per heavy atom. The van der Waals surface area contributed by atoms with Crippen LogP contribution in [-0.2, 0) is 4.74 Å². The van der Waals surface area contributed by atoms with Crippen molar-refractivity contribution >= 4 is 32.8 Å². The summed E-state index contributed by atoms with van der Waals surface area (Å²) in [6.45, 7) is 8.05. The molecular formula is C15H21N3O2S. The molecule has 0 bridgehead atoms. The van der Waals surface area contributed by atoms with Crippen LogP contribution in [0.2, 0.25) is 0 Å². The molecule has 21 heavy (non-hydrogen) atoms. The Balaban J connectivity index is 1.83. The summed E-state index contributed by atoms with van der Waals surface area (Å²) in [6, 6.07) is 7.95. The summed E-state index contributed by atoms with van der Waals surface area (Å²) in [5.74, 6) is 0. The van der Waals surface area contributed by atoms with Crippen LogP contribution in [0.15, 0.2) is 24.3 Å². The van der Waals surface area contributed by atoms with Crippen molar-refractivity contribution in [1.82, 2.24) is 10.3 Å². The number of nitrogens with one attached hydrogen (secondary N) is 2. The highest BCUT2D eigenvalue weighted by Gasteiger charge is 2.17. The van der Waals surface area contributed by atoms with Crippen molar-refractivity contribution < 1.29 is 9.53 Å². The number of thiazole rings is 1. The highest BCUT2D eigenvalue weighted by molar-refractivity contribution is 7.22. The Morgan fingerprint density at radius 3 is 2.76 bits per heavy atom. The lowest BCUT2D eigenvalue weighted by Crippen LogP contribution is -2.40. The van der Waals surface area contributed by atoms with Crippen molar-refractivity contribution in [3.63, 3.8) is 0 Å². The predicted molar refractivity (Wildman–Crippen MR) is 86.9 cm³/mol. The average Bonchev–Trinajstić information content (AvgIpc) is 2.76. The molecule has 1 aromatic heterocycles. The van der Waals surface area contributed by atoms with Gasteiger partial charge in [-0.15, -0.1) is 0 Å². The SMILES string of the molecule is CC(CNc1nc2ccccc2s1)NC(=O)OC(C)(C)C. The predicted octanol–water partition coefficient (Wildman–Crippen LogP) is 3.62. The summed E-state index contributed by atoms with van der Waals surface area (Å²) in [4.78, 5) is 16.1. The van der Waals surface area contributed by atoms with Gasteiger partial charge in [0.05, 0.1) is 10.2 Å². The molecule has 0 fully saturated rings. The van der Waals surface area contributed by atoms with Crippen LogP contribution in [0.1, 0.15) is 27.7 Å². The van der Waals surface area contributed by atoms with Crippen molar-refractivity contribution in [2.75, 3.05) is 11.9 Å². The largest absolute Gasteiger partial charge is 0.444 e. The summed E-state index contributed by atoms with van der Waals surface area (Å²) >= 11 is 1.60. The van der Waals surface area contributed by atoms with Gasteiger partial charge in [-0.25, -0.2) is 9.78 Å². The molecule has 0 radical (unpaired) electrons. The molecule has 2 rings (SSSR count). The number of nitrogens with zero attached hydrogens (tertiary/aromatic N) is 1. The lowest BCUT2D eigenvalue weighted by Gasteiger charge is -2.22. The van der Waals surface area contributed by atoms with E-state index in [4.69, 9.17) is 4.74 Å². The van der Waals surface area contributed by atoms with Gasteiger partial charge in [-0.05, 0) is 39.8 Å². The quantitative estimate of drug-likeness (QED) is 0.905. The van der Waals surface area contributed by atoms with Crippen molar-refractivity contribution in [2.24, 2.45) is 0 Å². The molecule has 0 aliphatic carbocycles. The first kappa shape index (κ1) is 15.6. The van der Waals surface area contributed by atoms with E-state index in [0.29, 0.717) is 6.54 Å². The lowest BCUT2D eigenvalue weighted by molar-refractivity contribution is 0.0511. The Labute approximate surface area is 128 Å². The van der Waals surface area contributed by atoms with Crippen LogP contribution in [-0.4, -0.2) is 29.3 Å². The molecule has 2 N–H and O–H groups in total. The minimum Gasteiger partial charge on any atom is -0.444 e. The molecule has 0 saturated heterocycles. The maximum atomic E-state index is 11.6. The molecule has 0 aliphatic heterocycles. The van der Waals surface area contributed by atoms with E-state index in [9.17, 15) is 4.79 Å². The molecule has 1 aromatic carbocycles. The van der Waals surface area contributed by atoms with Crippen LogP contribution < -0.4 is 10.6 Å². The maximum Gasteiger partial charge on any atom is 0.407 e. The Hall–Kier alpha value is -1.82. The van der Waals surface area contributed by atoms with Gasteiger partial charge in [-0.1, -0.05) is 23.5 Å². The van der Waals surface area contributed by atoms with Gasteiger partial charge in [0, 0.05) is 12.6 Å². The molecule has 114 valence electrons. The fourth-order valence-corrected chi connectivity index (χ4v) is 2.62. The molecule has 0 aliphatic rings. The molecule has 1 unspecified atom stereocenters. The minimum absolute atomic E-state index is 0.0492. The van der Waals surface area contributed by atoms with E-state index < -0.39 is 11.7 Å². The van der Waals surface area contributed by atoms with Gasteiger partial charge in [0.2, 0.25) is 0 Å². The number of hydrogen-bond acceptors (Lipinski definition) is 5. The zero-order chi connectivity index (χ0) is 15.5. The number of carbonyl (C=O) groups excluding carboxylic acids is 1. The molecule has 5 nitrogen and oxygen atoms in total. The van der Waals surface area contributed by atoms with Crippen LogP contribution in [0, 0.1) is 0 Å². The number of aromatic nitrogens is 1. The van der Waals surface area contributed by atoms with Crippen molar-refractivity contribution in [2.45, 2.75) is 39.3 Å². The Bertz CT molecular complexity index is 586. The molecule has 1 atom stereocenters. The number of benzene rings is 1. The molecule has 1 heterocycles. The molecular weight excluding hydrogens is 286 g/mol. The van der Waals surface area contributed by atoms with Gasteiger partial charge in [0.1, 0.15) is 5.60 Å². The smallest absolute Gasteiger partial charge is 0.407 e. The summed E-state index contributed by atoms with van der Waals surface area (Å²) in [5, 5.41) is 6.89. The zero-order valence-electron chi connectivity index (χ0n) is 12.8. The highest BCUT2D eigenvalue weighted by atomic mass is 32.1. The zero-order valence-corrected chi connectivity index (χ0v) is 13.6. The van der Waals surface area contributed by atoms with Gasteiger partial charge < -0.3 is 15.4 Å². The molecule has 6 heteroatoms. The number of fused-ring (bicyclic) bond motifs is 1. The first-order chi connectivity index (χ1) is 9.83. The number of amides is 1. The topological polar surface area (TPSA) is 63.2 Å². The monoisotopic (exact) mass is 307 g/mol. The molecule has 1 amide bonds. The van der Waals surface area contributed by atoms with E-state index in [-0.39, 0.29) is 6.04 Å². The van der Waals surface area contributed by atoms with E-state index in [1.807, 2.05) is 52.0 Å². The normalized spacial score (nSPS) is 13.0. The number of rotatable bonds is 4. The third-order valence-corrected chi connectivity index (χ3v) is 3.61. The standard InChI is InChI=1S/C15H21N3O2S/c1-10(17-14(19)20-15(2,3)4)9-16-13-18-11-7-5-6-8-12(11)21-13/h5-8,10H,9H2,1-4H3,(H,16,18)(H,17,19). The van der Waals surface area contributed by atoms with E-state index in [2.05, 4.69) is 15.6 Å². The number of hydrogen-bond donors (Lipinski definition) is 2. The number of carbonyl (C=O) groups is 1. The first-order valence-corrected chi connectivity index (χ1v) is 7.74. The fraction of sp³-hybridized carbons (Fsp3) is 0.467. The van der Waals surface area contributed by atoms with Gasteiger partial charge in [-0.3, -0.25) is 0 Å². The second-order valence-corrected chi connectivity index (χ2v) is 6.95. The number of anilines is 1. The Morgan fingerprint density at radius 2 is 2.10 bits per heavy atom. The van der Waals surface area contributed by atoms with E-state index in [0.717, 1.165) is 15.3 Å². The highest BCUT2D eigenvalue weighted by Crippen LogP contribution is 2.25. The maximum absolute atomic E-state index is 11.6. The van der Waals surface area contributed by atoms with Crippen molar-refractivity contribution in [3.8, 4) is 0 Å². The second-order valence-electron chi connectivity index (χ2n) is 5.91. The van der Waals surface area contributed by atoms with E-state index >= 15 is 0 Å². The van der Waals surface area contributed by atoms with Gasteiger partial charge in [0.15, 0.2) is 5.13 Å². The second kappa shape index (κ2) is 6.30. The number of para-hydroxylation sites is 1. The van der Waals surface area contributed by atoms with Crippen LogP contribution in [0.25, 0.3) is 10.2 Å². The van der Waals surface area contributed by atoms with E-state index in [1.165, 1.54) is 0 Å². The Kier molecular flexibility index (Phi) is 4.67. The molecule has 0 saturated carbocycles. The van der Waals surface area contributed by atoms with Gasteiger partial charge in [0.25, 0.3) is 0 Å². The molecule has 0 spiro atoms. The third-order valence-electron chi connectivity index (χ3n) is 2.62. The summed E-state index contributed by atoms with van der Waals surface area (Å²) in [7, 11) is 0. The van der Waals surface area contributed by atoms with E-state index in [1.54, 1.807) is 11.3 Å². The van der Waals surface area contributed by atoms with Crippen molar-refractivity contribution in [1.29, 1.82) is 0 Å². The third kappa shape index (κ3) is 4.90. The van der Waals surface area contributed by atoms with Crippen LogP contribution in [0.3, 0.4) is 0 Å². The van der Waals surface area contributed by atoms with Crippen LogP contribution in [0.4, 0.5) is 9.93 Å². The fourth-order valence-electron chi connectivity index (χ4n) is 1.75. The lowest BCUT2D eigenvalue weighted by atomic mass is 10.2. The average molecular weight is 307 g/mol. The number of alkyl carbamates (subject to hydrolysis) is 1. The number of ether oxygens (including phenoxy) is 1. The summed E-state index contributed by atoms with van der Waals surface area (Å²) < 4.78 is 6.36. The van der Waals surface area contributed by atoms with Crippen LogP contribution >= 0.6 is 11.3 Å². The van der Waals surface area contributed by atoms with Crippen molar-refractivity contribution in [3.05, 3.63) is 24.3 Å². The van der Waals surface area contributed by atoms with Crippen LogP contribution in [0.5, 0.6) is 0 Å². The minimum atomic E-state index is -0.482. The molecule has 2 aromatic rings.